The minimum atomic E-state index is -0.0581. The number of ether oxygens (including phenoxy) is 4. The van der Waals surface area contributed by atoms with Crippen molar-refractivity contribution in [2.75, 3.05) is 65.9 Å². The summed E-state index contributed by atoms with van der Waals surface area (Å²) in [6, 6.07) is 6.74. The molecule has 3 aliphatic rings. The molecular weight excluding hydrogens is 523 g/mol. The van der Waals surface area contributed by atoms with E-state index in [4.69, 9.17) is 23.9 Å². The molecule has 9 heteroatoms. The molecule has 3 aliphatic heterocycles. The van der Waals surface area contributed by atoms with Crippen LogP contribution in [0.3, 0.4) is 0 Å². The quantitative estimate of drug-likeness (QED) is 0.301. The average Bonchev–Trinajstić information content (AvgIpc) is 3.30. The molecule has 1 aromatic carbocycles. The topological polar surface area (TPSA) is 76.6 Å². The lowest BCUT2D eigenvalue weighted by Crippen LogP contribution is -2.49. The number of aliphatic imine (C=N–C) groups is 1. The molecule has 3 heterocycles. The van der Waals surface area contributed by atoms with Crippen LogP contribution < -0.4 is 20.1 Å². The van der Waals surface area contributed by atoms with Gasteiger partial charge in [-0.15, -0.1) is 24.0 Å². The zero-order valence-electron chi connectivity index (χ0n) is 19.2. The lowest BCUT2D eigenvalue weighted by Gasteiger charge is -2.37. The van der Waals surface area contributed by atoms with Gasteiger partial charge in [0.25, 0.3) is 0 Å². The first-order valence-corrected chi connectivity index (χ1v) is 11.5. The van der Waals surface area contributed by atoms with E-state index in [0.717, 1.165) is 82.9 Å². The Morgan fingerprint density at radius 3 is 2.53 bits per heavy atom. The van der Waals surface area contributed by atoms with Gasteiger partial charge < -0.3 is 29.6 Å². The second-order valence-corrected chi connectivity index (χ2v) is 8.53. The summed E-state index contributed by atoms with van der Waals surface area (Å²) in [6.07, 6.45) is 1.89. The molecule has 2 N–H and O–H groups in total. The van der Waals surface area contributed by atoms with Crippen LogP contribution in [0.25, 0.3) is 0 Å². The average molecular weight is 560 g/mol. The minimum Gasteiger partial charge on any atom is -0.454 e. The summed E-state index contributed by atoms with van der Waals surface area (Å²) in [6.45, 7) is 12.2. The monoisotopic (exact) mass is 560 g/mol. The van der Waals surface area contributed by atoms with Crippen molar-refractivity contribution < 1.29 is 18.9 Å². The van der Waals surface area contributed by atoms with Crippen molar-refractivity contribution in [1.29, 1.82) is 0 Å². The van der Waals surface area contributed by atoms with Crippen molar-refractivity contribution >= 4 is 29.9 Å². The van der Waals surface area contributed by atoms with Crippen LogP contribution in [0.1, 0.15) is 32.3 Å². The van der Waals surface area contributed by atoms with Gasteiger partial charge in [-0.2, -0.15) is 0 Å². The Hall–Kier alpha value is -1.30. The van der Waals surface area contributed by atoms with Crippen LogP contribution in [0.15, 0.2) is 23.2 Å². The molecule has 0 aromatic heterocycles. The smallest absolute Gasteiger partial charge is 0.231 e. The lowest BCUT2D eigenvalue weighted by atomic mass is 9.74. The van der Waals surface area contributed by atoms with Crippen molar-refractivity contribution in [3.8, 4) is 11.5 Å². The number of hydrogen-bond donors (Lipinski definition) is 2. The van der Waals surface area contributed by atoms with E-state index < -0.39 is 0 Å². The van der Waals surface area contributed by atoms with Gasteiger partial charge in [0.1, 0.15) is 0 Å². The molecule has 2 saturated heterocycles. The van der Waals surface area contributed by atoms with Crippen LogP contribution in [-0.4, -0.2) is 82.8 Å². The third-order valence-corrected chi connectivity index (χ3v) is 6.55. The maximum Gasteiger partial charge on any atom is 0.231 e. The Balaban J connectivity index is 0.00000289. The summed E-state index contributed by atoms with van der Waals surface area (Å²) in [5.41, 5.74) is 1.19. The van der Waals surface area contributed by atoms with Gasteiger partial charge >= 0.3 is 0 Å². The van der Waals surface area contributed by atoms with Crippen LogP contribution in [0.4, 0.5) is 0 Å². The molecule has 1 aromatic rings. The zero-order valence-corrected chi connectivity index (χ0v) is 21.6. The predicted octanol–water partition coefficient (Wildman–Crippen LogP) is 2.36. The molecule has 0 bridgehead atoms. The fraction of sp³-hybridized carbons (Fsp3) is 0.696. The van der Waals surface area contributed by atoms with Gasteiger partial charge in [0, 0.05) is 50.8 Å². The highest BCUT2D eigenvalue weighted by Crippen LogP contribution is 2.41. The third kappa shape index (κ3) is 6.18. The molecule has 0 amide bonds. The van der Waals surface area contributed by atoms with Crippen LogP contribution >= 0.6 is 24.0 Å². The Kier molecular flexibility index (Phi) is 9.69. The molecule has 1 atom stereocenters. The van der Waals surface area contributed by atoms with E-state index in [1.165, 1.54) is 5.56 Å². The summed E-state index contributed by atoms with van der Waals surface area (Å²) in [5, 5.41) is 6.96. The molecule has 1 unspecified atom stereocenters. The molecule has 2 fully saturated rings. The molecule has 0 spiro atoms. The van der Waals surface area contributed by atoms with Gasteiger partial charge in [-0.1, -0.05) is 6.07 Å². The Morgan fingerprint density at radius 1 is 1.06 bits per heavy atom. The normalized spacial score (nSPS) is 21.5. The van der Waals surface area contributed by atoms with E-state index in [0.29, 0.717) is 19.4 Å². The van der Waals surface area contributed by atoms with Crippen LogP contribution in [0, 0.1) is 0 Å². The second kappa shape index (κ2) is 12.2. The van der Waals surface area contributed by atoms with Crippen molar-refractivity contribution in [3.05, 3.63) is 23.8 Å². The van der Waals surface area contributed by atoms with Gasteiger partial charge in [0.05, 0.1) is 19.8 Å². The van der Waals surface area contributed by atoms with Crippen LogP contribution in [0.2, 0.25) is 0 Å². The molecule has 180 valence electrons. The van der Waals surface area contributed by atoms with E-state index in [9.17, 15) is 0 Å². The molecule has 4 rings (SSSR count). The maximum absolute atomic E-state index is 5.69. The summed E-state index contributed by atoms with van der Waals surface area (Å²) in [5.74, 6) is 2.52. The van der Waals surface area contributed by atoms with Crippen molar-refractivity contribution in [1.82, 2.24) is 15.5 Å². The number of benzene rings is 1. The molecule has 8 nitrogen and oxygen atoms in total. The zero-order chi connectivity index (χ0) is 21.5. The fourth-order valence-corrected chi connectivity index (χ4v) is 4.49. The highest BCUT2D eigenvalue weighted by atomic mass is 127. The SMILES string of the molecule is CCNC(=NCC1(c2ccc3c(c2)OCO3)CCOCC1)NCC(C)N1CCOCC1.I. The highest BCUT2D eigenvalue weighted by Gasteiger charge is 2.35. The summed E-state index contributed by atoms with van der Waals surface area (Å²) in [4.78, 5) is 7.48. The maximum atomic E-state index is 5.69. The number of halogens is 1. The van der Waals surface area contributed by atoms with E-state index >= 15 is 0 Å². The van der Waals surface area contributed by atoms with Gasteiger partial charge in [-0.25, -0.2) is 0 Å². The fourth-order valence-electron chi connectivity index (χ4n) is 4.49. The Bertz CT molecular complexity index is 752. The van der Waals surface area contributed by atoms with Crippen molar-refractivity contribution in [2.24, 2.45) is 4.99 Å². The first-order chi connectivity index (χ1) is 15.2. The first kappa shape index (κ1) is 25.3. The summed E-state index contributed by atoms with van der Waals surface area (Å²) < 4.78 is 22.3. The number of nitrogens with zero attached hydrogens (tertiary/aromatic N) is 2. The van der Waals surface area contributed by atoms with Crippen LogP contribution in [0.5, 0.6) is 11.5 Å². The molecule has 0 saturated carbocycles. The first-order valence-electron chi connectivity index (χ1n) is 11.5. The number of fused-ring (bicyclic) bond motifs is 1. The minimum absolute atomic E-state index is 0. The molecule has 32 heavy (non-hydrogen) atoms. The third-order valence-electron chi connectivity index (χ3n) is 6.55. The van der Waals surface area contributed by atoms with Gasteiger partial charge in [-0.05, 0) is 44.4 Å². The number of guanidine groups is 1. The van der Waals surface area contributed by atoms with Gasteiger partial charge in [0.15, 0.2) is 17.5 Å². The lowest BCUT2D eigenvalue weighted by molar-refractivity contribution is 0.0211. The Morgan fingerprint density at radius 2 is 1.78 bits per heavy atom. The van der Waals surface area contributed by atoms with E-state index in [1.807, 2.05) is 6.07 Å². The molecule has 0 radical (unpaired) electrons. The Labute approximate surface area is 208 Å². The number of rotatable bonds is 7. The highest BCUT2D eigenvalue weighted by molar-refractivity contribution is 14.0. The van der Waals surface area contributed by atoms with Gasteiger partial charge in [0.2, 0.25) is 6.79 Å². The standard InChI is InChI=1S/C23H36N4O4.HI/c1-3-24-22(25-15-18(2)27-8-12-29-13-9-27)26-16-23(6-10-28-11-7-23)19-4-5-20-21(14-19)31-17-30-20;/h4-5,14,18H,3,6-13,15-17H2,1-2H3,(H2,24,25,26);1H. The van der Waals surface area contributed by atoms with Crippen molar-refractivity contribution in [3.63, 3.8) is 0 Å². The molecule has 0 aliphatic carbocycles. The van der Waals surface area contributed by atoms with E-state index in [-0.39, 0.29) is 29.4 Å². The van der Waals surface area contributed by atoms with Crippen LogP contribution in [-0.2, 0) is 14.9 Å². The number of morpholine rings is 1. The number of nitrogens with one attached hydrogen (secondary N) is 2. The summed E-state index contributed by atoms with van der Waals surface area (Å²) in [7, 11) is 0. The summed E-state index contributed by atoms with van der Waals surface area (Å²) >= 11 is 0. The predicted molar refractivity (Wildman–Crippen MR) is 136 cm³/mol. The van der Waals surface area contributed by atoms with E-state index in [2.05, 4.69) is 41.5 Å². The van der Waals surface area contributed by atoms with Crippen molar-refractivity contribution in [2.45, 2.75) is 38.1 Å². The number of hydrogen-bond acceptors (Lipinski definition) is 6. The largest absolute Gasteiger partial charge is 0.454 e. The second-order valence-electron chi connectivity index (χ2n) is 8.53. The van der Waals surface area contributed by atoms with E-state index in [1.54, 1.807) is 0 Å². The molecular formula is C23H37IN4O4. The van der Waals surface area contributed by atoms with Gasteiger partial charge in [-0.3, -0.25) is 9.89 Å².